The lowest BCUT2D eigenvalue weighted by Crippen LogP contribution is -2.24. The number of amides is 1. The van der Waals surface area contributed by atoms with Crippen LogP contribution in [0.25, 0.3) is 0 Å². The van der Waals surface area contributed by atoms with Gasteiger partial charge in [-0.3, -0.25) is 4.79 Å². The fourth-order valence-corrected chi connectivity index (χ4v) is 1.98. The lowest BCUT2D eigenvalue weighted by atomic mass is 10.1. The van der Waals surface area contributed by atoms with Crippen molar-refractivity contribution < 1.29 is 4.79 Å². The van der Waals surface area contributed by atoms with Crippen LogP contribution in [0.2, 0.25) is 5.02 Å². The van der Waals surface area contributed by atoms with Crippen molar-refractivity contribution in [2.75, 3.05) is 0 Å². The van der Waals surface area contributed by atoms with E-state index in [1.54, 1.807) is 12.1 Å². The van der Waals surface area contributed by atoms with Gasteiger partial charge in [-0.2, -0.15) is 0 Å². The van der Waals surface area contributed by atoms with Crippen molar-refractivity contribution >= 4 is 17.5 Å². The van der Waals surface area contributed by atoms with Gasteiger partial charge in [0.15, 0.2) is 0 Å². The van der Waals surface area contributed by atoms with Gasteiger partial charge in [-0.1, -0.05) is 48.0 Å². The maximum atomic E-state index is 11.8. The van der Waals surface area contributed by atoms with Crippen molar-refractivity contribution in [1.82, 2.24) is 5.32 Å². The van der Waals surface area contributed by atoms with Gasteiger partial charge in [-0.15, -0.1) is 0 Å². The van der Waals surface area contributed by atoms with Crippen molar-refractivity contribution in [3.05, 3.63) is 70.2 Å². The van der Waals surface area contributed by atoms with Gasteiger partial charge in [-0.25, -0.2) is 0 Å². The highest BCUT2D eigenvalue weighted by molar-refractivity contribution is 6.30. The van der Waals surface area contributed by atoms with Gasteiger partial charge in [0.1, 0.15) is 0 Å². The molecule has 1 N–H and O–H groups in total. The Kier molecular flexibility index (Phi) is 4.58. The number of nitrogens with one attached hydrogen (secondary N) is 1. The SMILES string of the molecule is Cc1ccccc1CNC(=O)Cc1ccc(Cl)cc1. The fourth-order valence-electron chi connectivity index (χ4n) is 1.85. The van der Waals surface area contributed by atoms with Gasteiger partial charge in [0.2, 0.25) is 5.91 Å². The highest BCUT2D eigenvalue weighted by Gasteiger charge is 2.04. The summed E-state index contributed by atoms with van der Waals surface area (Å²) in [7, 11) is 0. The minimum absolute atomic E-state index is 0.0191. The topological polar surface area (TPSA) is 29.1 Å². The number of hydrogen-bond donors (Lipinski definition) is 1. The summed E-state index contributed by atoms with van der Waals surface area (Å²) in [5.41, 5.74) is 3.30. The first kappa shape index (κ1) is 13.6. The third-order valence-corrected chi connectivity index (χ3v) is 3.27. The molecule has 2 aromatic rings. The molecule has 3 heteroatoms. The summed E-state index contributed by atoms with van der Waals surface area (Å²) in [6, 6.07) is 15.4. The lowest BCUT2D eigenvalue weighted by Gasteiger charge is -2.08. The van der Waals surface area contributed by atoms with E-state index in [1.165, 1.54) is 5.56 Å². The summed E-state index contributed by atoms with van der Waals surface area (Å²) in [5, 5.41) is 3.62. The Balaban J connectivity index is 1.88. The molecule has 0 fully saturated rings. The minimum atomic E-state index is 0.0191. The van der Waals surface area contributed by atoms with Crippen LogP contribution in [0, 0.1) is 6.92 Å². The molecule has 0 saturated carbocycles. The Bertz CT molecular complexity index is 563. The van der Waals surface area contributed by atoms with E-state index in [-0.39, 0.29) is 5.91 Å². The summed E-state index contributed by atoms with van der Waals surface area (Å²) in [6.45, 7) is 2.61. The molecule has 2 nitrogen and oxygen atoms in total. The zero-order chi connectivity index (χ0) is 13.7. The molecule has 0 bridgehead atoms. The first-order valence-corrected chi connectivity index (χ1v) is 6.58. The average Bonchev–Trinajstić information content (AvgIpc) is 2.40. The zero-order valence-corrected chi connectivity index (χ0v) is 11.6. The Hall–Kier alpha value is -1.80. The second-order valence-electron chi connectivity index (χ2n) is 4.51. The molecule has 2 rings (SSSR count). The average molecular weight is 274 g/mol. The molecule has 0 saturated heterocycles. The van der Waals surface area contributed by atoms with Crippen LogP contribution < -0.4 is 5.32 Å². The van der Waals surface area contributed by atoms with Crippen LogP contribution in [0.15, 0.2) is 48.5 Å². The summed E-state index contributed by atoms with van der Waals surface area (Å²) in [5.74, 6) is 0.0191. The number of rotatable bonds is 4. The van der Waals surface area contributed by atoms with Gasteiger partial charge in [-0.05, 0) is 35.7 Å². The normalized spacial score (nSPS) is 10.2. The fraction of sp³-hybridized carbons (Fsp3) is 0.188. The number of benzene rings is 2. The van der Waals surface area contributed by atoms with Crippen LogP contribution in [0.4, 0.5) is 0 Å². The first-order chi connectivity index (χ1) is 9.15. The van der Waals surface area contributed by atoms with Crippen LogP contribution in [-0.4, -0.2) is 5.91 Å². The van der Waals surface area contributed by atoms with Crippen molar-refractivity contribution in [2.45, 2.75) is 19.9 Å². The van der Waals surface area contributed by atoms with Gasteiger partial charge >= 0.3 is 0 Å². The van der Waals surface area contributed by atoms with Crippen LogP contribution in [-0.2, 0) is 17.8 Å². The molecule has 0 aliphatic rings. The molecular weight excluding hydrogens is 258 g/mol. The highest BCUT2D eigenvalue weighted by atomic mass is 35.5. The van der Waals surface area contributed by atoms with Crippen LogP contribution in [0.3, 0.4) is 0 Å². The van der Waals surface area contributed by atoms with Gasteiger partial charge < -0.3 is 5.32 Å². The molecule has 98 valence electrons. The number of halogens is 1. The molecule has 0 radical (unpaired) electrons. The van der Waals surface area contributed by atoms with Crippen molar-refractivity contribution in [2.24, 2.45) is 0 Å². The summed E-state index contributed by atoms with van der Waals surface area (Å²) in [4.78, 5) is 11.8. The third-order valence-electron chi connectivity index (χ3n) is 3.02. The molecular formula is C16H16ClNO. The maximum absolute atomic E-state index is 11.8. The number of hydrogen-bond acceptors (Lipinski definition) is 1. The Morgan fingerprint density at radius 3 is 2.47 bits per heavy atom. The van der Waals surface area contributed by atoms with Gasteiger partial charge in [0, 0.05) is 11.6 Å². The largest absolute Gasteiger partial charge is 0.352 e. The number of carbonyl (C=O) groups excluding carboxylic acids is 1. The molecule has 19 heavy (non-hydrogen) atoms. The molecule has 0 aliphatic heterocycles. The molecule has 1 amide bonds. The van der Waals surface area contributed by atoms with E-state index in [9.17, 15) is 4.79 Å². The monoisotopic (exact) mass is 273 g/mol. The highest BCUT2D eigenvalue weighted by Crippen LogP contribution is 2.10. The van der Waals surface area contributed by atoms with Gasteiger partial charge in [0.25, 0.3) is 0 Å². The third kappa shape index (κ3) is 4.11. The lowest BCUT2D eigenvalue weighted by molar-refractivity contribution is -0.120. The number of carbonyl (C=O) groups is 1. The predicted molar refractivity (Wildman–Crippen MR) is 78.2 cm³/mol. The second kappa shape index (κ2) is 6.39. The number of aryl methyl sites for hydroxylation is 1. The predicted octanol–water partition coefficient (Wildman–Crippen LogP) is 3.51. The Morgan fingerprint density at radius 1 is 1.11 bits per heavy atom. The molecule has 0 aliphatic carbocycles. The Labute approximate surface area is 118 Å². The van der Waals surface area contributed by atoms with E-state index < -0.39 is 0 Å². The van der Waals surface area contributed by atoms with E-state index in [0.29, 0.717) is 18.0 Å². The standard InChI is InChI=1S/C16H16ClNO/c1-12-4-2-3-5-14(12)11-18-16(19)10-13-6-8-15(17)9-7-13/h2-9H,10-11H2,1H3,(H,18,19). The quantitative estimate of drug-likeness (QED) is 0.907. The van der Waals surface area contributed by atoms with E-state index in [0.717, 1.165) is 11.1 Å². The van der Waals surface area contributed by atoms with Crippen molar-refractivity contribution in [3.63, 3.8) is 0 Å². The van der Waals surface area contributed by atoms with Crippen LogP contribution in [0.1, 0.15) is 16.7 Å². The maximum Gasteiger partial charge on any atom is 0.224 e. The summed E-state index contributed by atoms with van der Waals surface area (Å²) in [6.07, 6.45) is 0.378. The van der Waals surface area contributed by atoms with Crippen LogP contribution in [0.5, 0.6) is 0 Å². The van der Waals surface area contributed by atoms with E-state index in [2.05, 4.69) is 5.32 Å². The summed E-state index contributed by atoms with van der Waals surface area (Å²) >= 11 is 5.81. The zero-order valence-electron chi connectivity index (χ0n) is 10.8. The van der Waals surface area contributed by atoms with E-state index in [4.69, 9.17) is 11.6 Å². The smallest absolute Gasteiger partial charge is 0.224 e. The molecule has 0 aromatic heterocycles. The van der Waals surface area contributed by atoms with E-state index >= 15 is 0 Å². The summed E-state index contributed by atoms with van der Waals surface area (Å²) < 4.78 is 0. The molecule has 2 aromatic carbocycles. The molecule has 0 unspecified atom stereocenters. The van der Waals surface area contributed by atoms with Gasteiger partial charge in [0.05, 0.1) is 6.42 Å². The van der Waals surface area contributed by atoms with Crippen LogP contribution >= 0.6 is 11.6 Å². The first-order valence-electron chi connectivity index (χ1n) is 6.21. The second-order valence-corrected chi connectivity index (χ2v) is 4.94. The minimum Gasteiger partial charge on any atom is -0.352 e. The van der Waals surface area contributed by atoms with Crippen molar-refractivity contribution in [3.8, 4) is 0 Å². The molecule has 0 spiro atoms. The van der Waals surface area contributed by atoms with Crippen molar-refractivity contribution in [1.29, 1.82) is 0 Å². The Morgan fingerprint density at radius 2 is 1.79 bits per heavy atom. The molecule has 0 heterocycles. The van der Waals surface area contributed by atoms with E-state index in [1.807, 2.05) is 43.3 Å². The molecule has 0 atom stereocenters.